The zero-order valence-electron chi connectivity index (χ0n) is 44.6. The van der Waals surface area contributed by atoms with Crippen molar-refractivity contribution in [1.29, 1.82) is 0 Å². The molecule has 3 N–H and O–H groups in total. The minimum atomic E-state index is -0.863. The van der Waals surface area contributed by atoms with Crippen LogP contribution in [0.2, 0.25) is 0 Å². The van der Waals surface area contributed by atoms with Gasteiger partial charge in [0, 0.05) is 12.8 Å². The molecule has 0 bridgehead atoms. The Bertz CT molecular complexity index is 1130. The maximum atomic E-state index is 12.5. The smallest absolute Gasteiger partial charge is 0.305 e. The van der Waals surface area contributed by atoms with E-state index in [1.54, 1.807) is 6.08 Å². The summed E-state index contributed by atoms with van der Waals surface area (Å²) in [5.74, 6) is -0.125. The molecule has 0 aromatic rings. The predicted molar refractivity (Wildman–Crippen MR) is 292 cm³/mol. The number of allylic oxidation sites excluding steroid dienone is 7. The number of amides is 1. The molecule has 0 fully saturated rings. The monoisotopic (exact) mass is 940 g/mol. The van der Waals surface area contributed by atoms with Crippen molar-refractivity contribution in [2.45, 2.75) is 315 Å². The van der Waals surface area contributed by atoms with Crippen LogP contribution >= 0.6 is 0 Å². The topological polar surface area (TPSA) is 95.9 Å². The first kappa shape index (κ1) is 64.8. The maximum Gasteiger partial charge on any atom is 0.305 e. The van der Waals surface area contributed by atoms with Crippen LogP contribution in [0.25, 0.3) is 0 Å². The summed E-state index contributed by atoms with van der Waals surface area (Å²) in [6.45, 7) is 4.83. The molecule has 2 unspecified atom stereocenters. The molecule has 0 spiro atoms. The van der Waals surface area contributed by atoms with Crippen LogP contribution in [0.5, 0.6) is 0 Å². The van der Waals surface area contributed by atoms with Gasteiger partial charge in [0.25, 0.3) is 0 Å². The van der Waals surface area contributed by atoms with Crippen LogP contribution in [0, 0.1) is 0 Å². The highest BCUT2D eigenvalue weighted by molar-refractivity contribution is 5.76. The predicted octanol–water partition coefficient (Wildman–Crippen LogP) is 18.2. The standard InChI is InChI=1S/C61H113NO5/c1-3-5-7-9-11-13-15-17-19-21-23-24-25-27-29-33-37-41-45-49-53-59(64)58(57-63)62-60(65)54-50-46-42-38-34-31-32-36-40-44-48-52-56-67-61(66)55-51-47-43-39-35-30-28-26-22-20-18-16-14-12-10-8-6-4-2/h14,16,20,22,32,36,49,53,58-59,63-64H,3-13,15,17-19,21,23-31,33-35,37-48,50-52,54-57H2,1-2H3,(H,62,65)/b16-14-,22-20-,36-32-,53-49+. The van der Waals surface area contributed by atoms with E-state index in [1.807, 2.05) is 6.08 Å². The maximum absolute atomic E-state index is 12.5. The van der Waals surface area contributed by atoms with E-state index in [0.29, 0.717) is 19.4 Å². The minimum absolute atomic E-state index is 0.0318. The normalized spacial score (nSPS) is 13.0. The Labute approximate surface area is 416 Å². The van der Waals surface area contributed by atoms with Crippen molar-refractivity contribution in [2.75, 3.05) is 13.2 Å². The van der Waals surface area contributed by atoms with Crippen molar-refractivity contribution in [1.82, 2.24) is 5.32 Å². The number of esters is 1. The summed E-state index contributed by atoms with van der Waals surface area (Å²) in [6.07, 6.45) is 71.3. The van der Waals surface area contributed by atoms with E-state index in [0.717, 1.165) is 89.9 Å². The molecule has 0 aromatic carbocycles. The molecule has 6 nitrogen and oxygen atoms in total. The zero-order chi connectivity index (χ0) is 48.6. The third-order valence-electron chi connectivity index (χ3n) is 13.3. The van der Waals surface area contributed by atoms with E-state index in [-0.39, 0.29) is 18.5 Å². The molecule has 0 aliphatic rings. The molecule has 0 aliphatic carbocycles. The first-order chi connectivity index (χ1) is 33.0. The van der Waals surface area contributed by atoms with Crippen LogP contribution in [0.3, 0.4) is 0 Å². The summed E-state index contributed by atoms with van der Waals surface area (Å²) in [4.78, 5) is 24.5. The highest BCUT2D eigenvalue weighted by atomic mass is 16.5. The lowest BCUT2D eigenvalue weighted by molar-refractivity contribution is -0.143. The Balaban J connectivity index is 3.54. The van der Waals surface area contributed by atoms with Crippen LogP contribution < -0.4 is 5.32 Å². The fourth-order valence-electron chi connectivity index (χ4n) is 8.78. The molecule has 0 saturated carbocycles. The van der Waals surface area contributed by atoms with Gasteiger partial charge in [0.1, 0.15) is 0 Å². The van der Waals surface area contributed by atoms with Crippen LogP contribution in [-0.4, -0.2) is 47.4 Å². The number of aliphatic hydroxyl groups is 2. The first-order valence-corrected chi connectivity index (χ1v) is 29.4. The van der Waals surface area contributed by atoms with Gasteiger partial charge in [-0.15, -0.1) is 0 Å². The zero-order valence-corrected chi connectivity index (χ0v) is 44.6. The Morgan fingerprint density at radius 3 is 1.16 bits per heavy atom. The Morgan fingerprint density at radius 1 is 0.418 bits per heavy atom. The van der Waals surface area contributed by atoms with Gasteiger partial charge in [-0.2, -0.15) is 0 Å². The number of carbonyl (C=O) groups is 2. The largest absolute Gasteiger partial charge is 0.466 e. The Hall–Kier alpha value is -2.18. The van der Waals surface area contributed by atoms with Crippen molar-refractivity contribution in [2.24, 2.45) is 0 Å². The van der Waals surface area contributed by atoms with E-state index >= 15 is 0 Å². The lowest BCUT2D eigenvalue weighted by Crippen LogP contribution is -2.45. The molecule has 0 rings (SSSR count). The van der Waals surface area contributed by atoms with Gasteiger partial charge >= 0.3 is 5.97 Å². The number of unbranched alkanes of at least 4 members (excludes halogenated alkanes) is 37. The van der Waals surface area contributed by atoms with E-state index in [2.05, 4.69) is 55.6 Å². The van der Waals surface area contributed by atoms with Crippen LogP contribution in [0.1, 0.15) is 303 Å². The summed E-state index contributed by atoms with van der Waals surface area (Å²) < 4.78 is 5.46. The molecule has 0 aliphatic heterocycles. The first-order valence-electron chi connectivity index (χ1n) is 29.4. The van der Waals surface area contributed by atoms with Crippen molar-refractivity contribution in [3.63, 3.8) is 0 Å². The van der Waals surface area contributed by atoms with Crippen molar-refractivity contribution in [3.05, 3.63) is 48.6 Å². The van der Waals surface area contributed by atoms with Gasteiger partial charge in [0.15, 0.2) is 0 Å². The van der Waals surface area contributed by atoms with Gasteiger partial charge in [0.05, 0.1) is 25.4 Å². The highest BCUT2D eigenvalue weighted by Crippen LogP contribution is 2.16. The lowest BCUT2D eigenvalue weighted by atomic mass is 10.0. The van der Waals surface area contributed by atoms with E-state index in [9.17, 15) is 19.8 Å². The molecule has 392 valence electrons. The van der Waals surface area contributed by atoms with Gasteiger partial charge in [-0.1, -0.05) is 242 Å². The van der Waals surface area contributed by atoms with Gasteiger partial charge in [-0.05, 0) is 96.3 Å². The Kier molecular flexibility index (Phi) is 54.6. The average Bonchev–Trinajstić information content (AvgIpc) is 3.33. The Morgan fingerprint density at radius 2 is 0.746 bits per heavy atom. The summed E-state index contributed by atoms with van der Waals surface area (Å²) in [5.41, 5.74) is 0. The molecule has 0 heterocycles. The molecule has 67 heavy (non-hydrogen) atoms. The number of nitrogens with one attached hydrogen (secondary N) is 1. The molecular formula is C61H113NO5. The third-order valence-corrected chi connectivity index (χ3v) is 13.3. The van der Waals surface area contributed by atoms with Crippen molar-refractivity contribution < 1.29 is 24.5 Å². The third kappa shape index (κ3) is 53.0. The molecule has 1 amide bonds. The quantitative estimate of drug-likeness (QED) is 0.0321. The minimum Gasteiger partial charge on any atom is -0.466 e. The lowest BCUT2D eigenvalue weighted by Gasteiger charge is -2.20. The number of ether oxygens (including phenoxy) is 1. The number of rotatable bonds is 54. The second-order valence-corrected chi connectivity index (χ2v) is 20.0. The van der Waals surface area contributed by atoms with Crippen LogP contribution in [-0.2, 0) is 14.3 Å². The summed E-state index contributed by atoms with van der Waals surface area (Å²) >= 11 is 0. The van der Waals surface area contributed by atoms with E-state index < -0.39 is 12.1 Å². The van der Waals surface area contributed by atoms with Gasteiger partial charge in [-0.3, -0.25) is 9.59 Å². The SMILES string of the molecule is CCCCCC/C=C\C/C=C\CCCCCCCCCC(=O)OCCCCC/C=C\CCCCCCCC(=O)NC(CO)C(O)/C=C/CCCCCCCCCCCCCCCCCCCC. The summed E-state index contributed by atoms with van der Waals surface area (Å²) in [6, 6.07) is -0.649. The number of carbonyl (C=O) groups excluding carboxylic acids is 2. The van der Waals surface area contributed by atoms with Gasteiger partial charge in [0.2, 0.25) is 5.91 Å². The summed E-state index contributed by atoms with van der Waals surface area (Å²) in [7, 11) is 0. The second kappa shape index (κ2) is 56.4. The number of aliphatic hydroxyl groups excluding tert-OH is 2. The molecule has 0 saturated heterocycles. The molecule has 6 heteroatoms. The molecular weight excluding hydrogens is 827 g/mol. The second-order valence-electron chi connectivity index (χ2n) is 20.0. The molecule has 0 aromatic heterocycles. The number of hydrogen-bond donors (Lipinski definition) is 3. The fraction of sp³-hybridized carbons (Fsp3) is 0.836. The van der Waals surface area contributed by atoms with Crippen molar-refractivity contribution in [3.8, 4) is 0 Å². The van der Waals surface area contributed by atoms with Crippen LogP contribution in [0.4, 0.5) is 0 Å². The van der Waals surface area contributed by atoms with E-state index in [1.165, 1.54) is 186 Å². The van der Waals surface area contributed by atoms with E-state index in [4.69, 9.17) is 4.74 Å². The number of hydrogen-bond acceptors (Lipinski definition) is 5. The van der Waals surface area contributed by atoms with Crippen LogP contribution in [0.15, 0.2) is 48.6 Å². The highest BCUT2D eigenvalue weighted by Gasteiger charge is 2.18. The average molecular weight is 941 g/mol. The molecule has 0 radical (unpaired) electrons. The fourth-order valence-corrected chi connectivity index (χ4v) is 8.78. The van der Waals surface area contributed by atoms with Crippen molar-refractivity contribution >= 4 is 11.9 Å². The molecule has 2 atom stereocenters. The van der Waals surface area contributed by atoms with Gasteiger partial charge in [-0.25, -0.2) is 0 Å². The summed E-state index contributed by atoms with van der Waals surface area (Å²) in [5, 5.41) is 23.1. The van der Waals surface area contributed by atoms with Gasteiger partial charge < -0.3 is 20.3 Å².